The molecule has 32 heavy (non-hydrogen) atoms. The molecule has 1 N–H and O–H groups in total. The third-order valence-electron chi connectivity index (χ3n) is 4.75. The lowest BCUT2D eigenvalue weighted by atomic mass is 10.2. The van der Waals surface area contributed by atoms with Gasteiger partial charge in [-0.2, -0.15) is 4.68 Å². The normalized spacial score (nSPS) is 11.1. The number of thioether (sulfide) groups is 1. The van der Waals surface area contributed by atoms with Gasteiger partial charge in [0.15, 0.2) is 5.82 Å². The van der Waals surface area contributed by atoms with E-state index in [1.54, 1.807) is 27.8 Å². The van der Waals surface area contributed by atoms with Crippen LogP contribution in [0.5, 0.6) is 0 Å². The van der Waals surface area contributed by atoms with Gasteiger partial charge in [0.25, 0.3) is 5.91 Å². The number of rotatable bonds is 9. The zero-order valence-corrected chi connectivity index (χ0v) is 19.6. The summed E-state index contributed by atoms with van der Waals surface area (Å²) in [5.74, 6) is 1.61. The van der Waals surface area contributed by atoms with Gasteiger partial charge < -0.3 is 5.32 Å². The number of nitrogens with one attached hydrogen (secondary N) is 1. The highest BCUT2D eigenvalue weighted by atomic mass is 32.2. The standard InChI is InChI=1S/C23H24N6OS2/c1-16(2)23-25-17(14-32-23)12-13-24-22(30)19-10-6-7-11-20(19)31-15-21-26-27-28-29(21)18-8-4-3-5-9-18/h3-11,14,16H,12-13,15H2,1-2H3,(H,24,30). The number of carbonyl (C=O) groups is 1. The maximum atomic E-state index is 12.8. The molecule has 0 aliphatic rings. The fourth-order valence-corrected chi connectivity index (χ4v) is 4.91. The molecule has 164 valence electrons. The number of tetrazole rings is 1. The molecule has 0 aliphatic carbocycles. The van der Waals surface area contributed by atoms with Gasteiger partial charge in [-0.3, -0.25) is 4.79 Å². The van der Waals surface area contributed by atoms with Crippen molar-refractivity contribution in [2.45, 2.75) is 36.8 Å². The molecule has 0 radical (unpaired) electrons. The maximum Gasteiger partial charge on any atom is 0.252 e. The predicted molar refractivity (Wildman–Crippen MR) is 127 cm³/mol. The van der Waals surface area contributed by atoms with Crippen LogP contribution in [0.4, 0.5) is 0 Å². The van der Waals surface area contributed by atoms with Crippen molar-refractivity contribution in [2.75, 3.05) is 6.54 Å². The summed E-state index contributed by atoms with van der Waals surface area (Å²) in [5.41, 5.74) is 2.58. The molecule has 1 amide bonds. The van der Waals surface area contributed by atoms with E-state index in [1.807, 2.05) is 54.6 Å². The summed E-state index contributed by atoms with van der Waals surface area (Å²) in [6.45, 7) is 4.82. The third-order valence-corrected chi connectivity index (χ3v) is 7.02. The molecule has 0 saturated heterocycles. The Morgan fingerprint density at radius 3 is 2.69 bits per heavy atom. The van der Waals surface area contributed by atoms with Crippen molar-refractivity contribution in [1.82, 2.24) is 30.5 Å². The first kappa shape index (κ1) is 22.2. The molecule has 0 saturated carbocycles. The average molecular weight is 465 g/mol. The average Bonchev–Trinajstić information content (AvgIpc) is 3.48. The van der Waals surface area contributed by atoms with Gasteiger partial charge in [0, 0.05) is 29.2 Å². The van der Waals surface area contributed by atoms with E-state index in [9.17, 15) is 4.79 Å². The molecule has 0 atom stereocenters. The lowest BCUT2D eigenvalue weighted by Crippen LogP contribution is -2.26. The molecule has 0 unspecified atom stereocenters. The largest absolute Gasteiger partial charge is 0.352 e. The number of hydrogen-bond donors (Lipinski definition) is 1. The molecule has 2 aromatic carbocycles. The zero-order valence-electron chi connectivity index (χ0n) is 17.9. The second kappa shape index (κ2) is 10.5. The second-order valence-electron chi connectivity index (χ2n) is 7.46. The van der Waals surface area contributed by atoms with Crippen molar-refractivity contribution >= 4 is 29.0 Å². The number of hydrogen-bond acceptors (Lipinski definition) is 7. The first-order valence-electron chi connectivity index (χ1n) is 10.4. The summed E-state index contributed by atoms with van der Waals surface area (Å²) in [4.78, 5) is 18.4. The van der Waals surface area contributed by atoms with E-state index < -0.39 is 0 Å². The van der Waals surface area contributed by atoms with Crippen molar-refractivity contribution in [1.29, 1.82) is 0 Å². The van der Waals surface area contributed by atoms with Crippen LogP contribution >= 0.6 is 23.1 Å². The topological polar surface area (TPSA) is 85.6 Å². The fourth-order valence-electron chi connectivity index (χ4n) is 3.09. The van der Waals surface area contributed by atoms with Crippen LogP contribution in [0, 0.1) is 0 Å². The number of benzene rings is 2. The van der Waals surface area contributed by atoms with Gasteiger partial charge in [-0.15, -0.1) is 28.2 Å². The lowest BCUT2D eigenvalue weighted by molar-refractivity contribution is 0.0951. The zero-order chi connectivity index (χ0) is 22.3. The molecule has 0 bridgehead atoms. The van der Waals surface area contributed by atoms with Crippen LogP contribution in [-0.4, -0.2) is 37.6 Å². The van der Waals surface area contributed by atoms with Gasteiger partial charge in [0.05, 0.1) is 27.7 Å². The van der Waals surface area contributed by atoms with Gasteiger partial charge in [0.1, 0.15) is 0 Å². The molecule has 0 fully saturated rings. The molecule has 2 heterocycles. The van der Waals surface area contributed by atoms with E-state index in [2.05, 4.69) is 45.1 Å². The SMILES string of the molecule is CC(C)c1nc(CCNC(=O)c2ccccc2SCc2nnnn2-c2ccccc2)cs1. The van der Waals surface area contributed by atoms with E-state index in [1.165, 1.54) is 0 Å². The van der Waals surface area contributed by atoms with E-state index in [-0.39, 0.29) is 5.91 Å². The Balaban J connectivity index is 1.38. The van der Waals surface area contributed by atoms with Crippen molar-refractivity contribution in [3.8, 4) is 5.69 Å². The van der Waals surface area contributed by atoms with Crippen LogP contribution in [0.2, 0.25) is 0 Å². The molecule has 7 nitrogen and oxygen atoms in total. The molecular weight excluding hydrogens is 440 g/mol. The molecule has 9 heteroatoms. The number of amides is 1. The minimum atomic E-state index is -0.0879. The number of nitrogens with zero attached hydrogens (tertiary/aromatic N) is 5. The summed E-state index contributed by atoms with van der Waals surface area (Å²) in [5, 5.41) is 18.3. The number of aromatic nitrogens is 5. The molecule has 4 rings (SSSR count). The summed E-state index contributed by atoms with van der Waals surface area (Å²) in [7, 11) is 0. The monoisotopic (exact) mass is 464 g/mol. The summed E-state index contributed by atoms with van der Waals surface area (Å²) >= 11 is 3.22. The van der Waals surface area contributed by atoms with E-state index in [4.69, 9.17) is 0 Å². The molecule has 0 spiro atoms. The van der Waals surface area contributed by atoms with Crippen LogP contribution in [0.1, 0.15) is 46.6 Å². The van der Waals surface area contributed by atoms with Crippen molar-refractivity contribution in [2.24, 2.45) is 0 Å². The van der Waals surface area contributed by atoms with E-state index in [0.717, 1.165) is 33.5 Å². The van der Waals surface area contributed by atoms with Gasteiger partial charge >= 0.3 is 0 Å². The number of carbonyl (C=O) groups excluding carboxylic acids is 1. The van der Waals surface area contributed by atoms with Crippen LogP contribution in [0.15, 0.2) is 64.9 Å². The number of para-hydroxylation sites is 1. The first-order valence-corrected chi connectivity index (χ1v) is 12.3. The highest BCUT2D eigenvalue weighted by Gasteiger charge is 2.14. The van der Waals surface area contributed by atoms with E-state index >= 15 is 0 Å². The summed E-state index contributed by atoms with van der Waals surface area (Å²) < 4.78 is 1.72. The molecule has 0 aliphatic heterocycles. The van der Waals surface area contributed by atoms with Crippen LogP contribution < -0.4 is 5.32 Å². The smallest absolute Gasteiger partial charge is 0.252 e. The molecule has 2 aromatic heterocycles. The van der Waals surface area contributed by atoms with Crippen molar-refractivity contribution in [3.05, 3.63) is 82.1 Å². The minimum Gasteiger partial charge on any atom is -0.352 e. The lowest BCUT2D eigenvalue weighted by Gasteiger charge is -2.10. The highest BCUT2D eigenvalue weighted by Crippen LogP contribution is 2.26. The quantitative estimate of drug-likeness (QED) is 0.367. The van der Waals surface area contributed by atoms with Gasteiger partial charge in [-0.25, -0.2) is 4.98 Å². The summed E-state index contributed by atoms with van der Waals surface area (Å²) in [6, 6.07) is 17.4. The molecular formula is C23H24N6OS2. The van der Waals surface area contributed by atoms with Gasteiger partial charge in [0.2, 0.25) is 0 Å². The third kappa shape index (κ3) is 5.41. The van der Waals surface area contributed by atoms with Crippen LogP contribution in [0.3, 0.4) is 0 Å². The van der Waals surface area contributed by atoms with Gasteiger partial charge in [-0.05, 0) is 34.7 Å². The Morgan fingerprint density at radius 2 is 1.91 bits per heavy atom. The Bertz CT molecular complexity index is 1170. The predicted octanol–water partition coefficient (Wildman–Crippen LogP) is 4.51. The molecule has 4 aromatic rings. The Labute approximate surface area is 195 Å². The Hall–Kier alpha value is -3.04. The first-order chi connectivity index (χ1) is 15.6. The van der Waals surface area contributed by atoms with Gasteiger partial charge in [-0.1, -0.05) is 44.2 Å². The maximum absolute atomic E-state index is 12.8. The number of thiazole rings is 1. The Morgan fingerprint density at radius 1 is 1.12 bits per heavy atom. The summed E-state index contributed by atoms with van der Waals surface area (Å²) in [6.07, 6.45) is 0.718. The van der Waals surface area contributed by atoms with Crippen LogP contribution in [-0.2, 0) is 12.2 Å². The highest BCUT2D eigenvalue weighted by molar-refractivity contribution is 7.98. The second-order valence-corrected chi connectivity index (χ2v) is 9.37. The fraction of sp³-hybridized carbons (Fsp3) is 0.261. The van der Waals surface area contributed by atoms with Crippen molar-refractivity contribution < 1.29 is 4.79 Å². The Kier molecular flexibility index (Phi) is 7.28. The van der Waals surface area contributed by atoms with E-state index in [0.29, 0.717) is 23.8 Å². The van der Waals surface area contributed by atoms with Crippen LogP contribution in [0.25, 0.3) is 5.69 Å². The van der Waals surface area contributed by atoms with Crippen molar-refractivity contribution in [3.63, 3.8) is 0 Å². The minimum absolute atomic E-state index is 0.0879.